The summed E-state index contributed by atoms with van der Waals surface area (Å²) in [6.07, 6.45) is 7.92. The van der Waals surface area contributed by atoms with Crippen molar-refractivity contribution in [2.24, 2.45) is 0 Å². The second-order valence-electron chi connectivity index (χ2n) is 8.75. The molecule has 1 saturated carbocycles. The minimum Gasteiger partial charge on any atom is -0.312 e. The lowest BCUT2D eigenvalue weighted by Crippen LogP contribution is -2.50. The summed E-state index contributed by atoms with van der Waals surface area (Å²) in [6.45, 7) is 10.2. The molecule has 1 aliphatic carbocycles. The van der Waals surface area contributed by atoms with Crippen LogP contribution in [0.4, 0.5) is 0 Å². The van der Waals surface area contributed by atoms with E-state index in [1.807, 2.05) is 6.07 Å². The van der Waals surface area contributed by atoms with Gasteiger partial charge in [0.2, 0.25) is 0 Å². The van der Waals surface area contributed by atoms with Crippen LogP contribution in [0.15, 0.2) is 16.9 Å². The second-order valence-corrected chi connectivity index (χ2v) is 8.75. The largest absolute Gasteiger partial charge is 0.312 e. The molecule has 1 aliphatic heterocycles. The smallest absolute Gasteiger partial charge is 0.266 e. The first-order valence-electron chi connectivity index (χ1n) is 9.99. The van der Waals surface area contributed by atoms with Gasteiger partial charge in [-0.15, -0.1) is 0 Å². The Morgan fingerprint density at radius 2 is 1.92 bits per heavy atom. The van der Waals surface area contributed by atoms with Gasteiger partial charge in [-0.1, -0.05) is 33.6 Å². The molecule has 0 bridgehead atoms. The van der Waals surface area contributed by atoms with Crippen LogP contribution in [0, 0.1) is 0 Å². The van der Waals surface area contributed by atoms with Gasteiger partial charge in [-0.3, -0.25) is 9.69 Å². The highest BCUT2D eigenvalue weighted by molar-refractivity contribution is 5.10. The molecular weight excluding hydrogens is 312 g/mol. The van der Waals surface area contributed by atoms with Gasteiger partial charge < -0.3 is 5.32 Å². The van der Waals surface area contributed by atoms with Crippen molar-refractivity contribution in [1.82, 2.24) is 20.0 Å². The summed E-state index contributed by atoms with van der Waals surface area (Å²) < 4.78 is 1.66. The monoisotopic (exact) mass is 346 g/mol. The summed E-state index contributed by atoms with van der Waals surface area (Å²) in [5, 5.41) is 8.34. The van der Waals surface area contributed by atoms with E-state index >= 15 is 0 Å². The van der Waals surface area contributed by atoms with Crippen molar-refractivity contribution in [3.05, 3.63) is 28.2 Å². The average Bonchev–Trinajstić information content (AvgIpc) is 2.52. The molecule has 2 fully saturated rings. The van der Waals surface area contributed by atoms with E-state index in [1.165, 1.54) is 38.5 Å². The molecule has 140 valence electrons. The number of nitrogens with one attached hydrogen (secondary N) is 1. The number of hydrogen-bond acceptors (Lipinski definition) is 4. The van der Waals surface area contributed by atoms with Crippen LogP contribution in [0.25, 0.3) is 0 Å². The van der Waals surface area contributed by atoms with Crippen molar-refractivity contribution in [2.45, 2.75) is 83.3 Å². The Bertz CT molecular complexity index is 615. The summed E-state index contributed by atoms with van der Waals surface area (Å²) in [4.78, 5) is 14.7. The van der Waals surface area contributed by atoms with Gasteiger partial charge in [-0.05, 0) is 38.3 Å². The average molecular weight is 347 g/mol. The number of aromatic nitrogens is 2. The lowest BCUT2D eigenvalue weighted by atomic mass is 9.92. The molecule has 0 amide bonds. The quantitative estimate of drug-likeness (QED) is 0.860. The Hall–Kier alpha value is -1.20. The highest BCUT2D eigenvalue weighted by Gasteiger charge is 2.25. The Labute approximate surface area is 151 Å². The first kappa shape index (κ1) is 18.6. The minimum atomic E-state index is -0.0319. The third-order valence-corrected chi connectivity index (χ3v) is 5.73. The fraction of sp³-hybridized carbons (Fsp3) is 0.800. The van der Waals surface area contributed by atoms with E-state index in [0.29, 0.717) is 12.6 Å². The zero-order chi connectivity index (χ0) is 17.9. The molecule has 5 nitrogen and oxygen atoms in total. The van der Waals surface area contributed by atoms with Gasteiger partial charge in [0.05, 0.1) is 12.2 Å². The minimum absolute atomic E-state index is 0.00847. The van der Waals surface area contributed by atoms with E-state index in [2.05, 4.69) is 36.1 Å². The lowest BCUT2D eigenvalue weighted by Gasteiger charge is -2.38. The Morgan fingerprint density at radius 3 is 2.60 bits per heavy atom. The third-order valence-electron chi connectivity index (χ3n) is 5.73. The normalized spacial score (nSPS) is 22.8. The van der Waals surface area contributed by atoms with Gasteiger partial charge in [0.1, 0.15) is 0 Å². The molecule has 1 aromatic rings. The second kappa shape index (κ2) is 8.00. The number of rotatable bonds is 6. The highest BCUT2D eigenvalue weighted by atomic mass is 16.1. The molecule has 5 heteroatoms. The summed E-state index contributed by atoms with van der Waals surface area (Å²) in [5.41, 5.74) is 0.957. The maximum Gasteiger partial charge on any atom is 0.266 e. The summed E-state index contributed by atoms with van der Waals surface area (Å²) in [5.74, 6) is 0. The number of piperidine rings is 1. The number of likely N-dealkylation sites (tertiary alicyclic amines) is 1. The van der Waals surface area contributed by atoms with Crippen molar-refractivity contribution >= 4 is 0 Å². The third kappa shape index (κ3) is 4.91. The van der Waals surface area contributed by atoms with Gasteiger partial charge in [0.25, 0.3) is 5.56 Å². The zero-order valence-corrected chi connectivity index (χ0v) is 16.1. The number of hydrogen-bond donors (Lipinski definition) is 1. The van der Waals surface area contributed by atoms with Crippen LogP contribution in [0.3, 0.4) is 0 Å². The molecule has 2 heterocycles. The molecule has 3 rings (SSSR count). The van der Waals surface area contributed by atoms with E-state index in [9.17, 15) is 4.79 Å². The topological polar surface area (TPSA) is 50.2 Å². The van der Waals surface area contributed by atoms with Crippen LogP contribution >= 0.6 is 0 Å². The van der Waals surface area contributed by atoms with Crippen molar-refractivity contribution in [1.29, 1.82) is 0 Å². The molecule has 2 aliphatic rings. The van der Waals surface area contributed by atoms with Crippen molar-refractivity contribution < 1.29 is 0 Å². The van der Waals surface area contributed by atoms with Crippen molar-refractivity contribution in [3.63, 3.8) is 0 Å². The summed E-state index contributed by atoms with van der Waals surface area (Å²) in [7, 11) is 0. The van der Waals surface area contributed by atoms with Crippen molar-refractivity contribution in [3.8, 4) is 0 Å². The molecule has 25 heavy (non-hydrogen) atoms. The van der Waals surface area contributed by atoms with Crippen LogP contribution in [0.1, 0.15) is 65.0 Å². The molecule has 1 saturated heterocycles. The molecule has 1 N–H and O–H groups in total. The molecule has 0 spiro atoms. The van der Waals surface area contributed by atoms with Gasteiger partial charge in [0.15, 0.2) is 0 Å². The molecule has 0 aromatic carbocycles. The van der Waals surface area contributed by atoms with Crippen LogP contribution in [-0.2, 0) is 12.0 Å². The van der Waals surface area contributed by atoms with Crippen LogP contribution in [0.2, 0.25) is 0 Å². The van der Waals surface area contributed by atoms with Gasteiger partial charge >= 0.3 is 0 Å². The van der Waals surface area contributed by atoms with Gasteiger partial charge in [-0.2, -0.15) is 5.10 Å². The molecule has 1 aromatic heterocycles. The van der Waals surface area contributed by atoms with E-state index in [4.69, 9.17) is 0 Å². The van der Waals surface area contributed by atoms with E-state index in [-0.39, 0.29) is 11.0 Å². The Morgan fingerprint density at radius 1 is 1.12 bits per heavy atom. The van der Waals surface area contributed by atoms with E-state index < -0.39 is 0 Å². The summed E-state index contributed by atoms with van der Waals surface area (Å²) in [6, 6.07) is 4.89. The predicted octanol–water partition coefficient (Wildman–Crippen LogP) is 2.54. The fourth-order valence-corrected chi connectivity index (χ4v) is 3.73. The fourth-order valence-electron chi connectivity index (χ4n) is 3.73. The Balaban J connectivity index is 1.59. The zero-order valence-electron chi connectivity index (χ0n) is 16.1. The lowest BCUT2D eigenvalue weighted by molar-refractivity contribution is 0.131. The maximum atomic E-state index is 12.2. The van der Waals surface area contributed by atoms with Crippen molar-refractivity contribution in [2.75, 3.05) is 19.6 Å². The van der Waals surface area contributed by atoms with E-state index in [0.717, 1.165) is 31.4 Å². The molecule has 1 unspecified atom stereocenters. The first-order chi connectivity index (χ1) is 11.9. The molecule has 0 radical (unpaired) electrons. The van der Waals surface area contributed by atoms with Crippen LogP contribution < -0.4 is 10.9 Å². The van der Waals surface area contributed by atoms with Crippen LogP contribution in [-0.4, -0.2) is 46.4 Å². The SMILES string of the molecule is CC(C)(C)c1ccc(=O)n(CCN2CCCCC2CNC2CCC2)n1. The van der Waals surface area contributed by atoms with E-state index in [1.54, 1.807) is 10.7 Å². The van der Waals surface area contributed by atoms with Crippen LogP contribution in [0.5, 0.6) is 0 Å². The molecule has 1 atom stereocenters. The standard InChI is InChI=1S/C20H34N4O/c1-20(2,3)18-10-11-19(25)24(22-18)14-13-23-12-5-4-9-17(23)15-21-16-7-6-8-16/h10-11,16-17,21H,4-9,12-15H2,1-3H3. The summed E-state index contributed by atoms with van der Waals surface area (Å²) >= 11 is 0. The highest BCUT2D eigenvalue weighted by Crippen LogP contribution is 2.21. The van der Waals surface area contributed by atoms with Gasteiger partial charge in [-0.25, -0.2) is 4.68 Å². The van der Waals surface area contributed by atoms with Gasteiger partial charge in [0, 0.05) is 36.7 Å². The Kier molecular flexibility index (Phi) is 5.95. The first-order valence-corrected chi connectivity index (χ1v) is 9.99. The molecular formula is C20H34N4O. The number of nitrogens with zero attached hydrogens (tertiary/aromatic N) is 3. The predicted molar refractivity (Wildman–Crippen MR) is 102 cm³/mol. The maximum absolute atomic E-state index is 12.2.